The maximum Gasteiger partial charge on any atom is 0.264 e. The first-order chi connectivity index (χ1) is 19.0. The molecule has 0 aliphatic heterocycles. The molecule has 1 atom stereocenters. The minimum absolute atomic E-state index is 0.0415. The van der Waals surface area contributed by atoms with E-state index in [0.29, 0.717) is 22.8 Å². The van der Waals surface area contributed by atoms with Gasteiger partial charge < -0.3 is 15.0 Å². The van der Waals surface area contributed by atoms with Crippen LogP contribution in [0.15, 0.2) is 77.7 Å². The highest BCUT2D eigenvalue weighted by Gasteiger charge is 2.34. The summed E-state index contributed by atoms with van der Waals surface area (Å²) in [6.07, 6.45) is 0.291. The summed E-state index contributed by atoms with van der Waals surface area (Å²) >= 11 is 6.03. The predicted molar refractivity (Wildman–Crippen MR) is 153 cm³/mol. The lowest BCUT2D eigenvalue weighted by atomic mass is 10.1. The molecule has 0 aliphatic rings. The lowest BCUT2D eigenvalue weighted by Gasteiger charge is -2.33. The van der Waals surface area contributed by atoms with E-state index in [0.717, 1.165) is 16.4 Å². The lowest BCUT2D eigenvalue weighted by molar-refractivity contribution is -0.140. The van der Waals surface area contributed by atoms with E-state index >= 15 is 0 Å². The molecule has 0 bridgehead atoms. The van der Waals surface area contributed by atoms with Crippen molar-refractivity contribution >= 4 is 39.1 Å². The maximum absolute atomic E-state index is 14.0. The van der Waals surface area contributed by atoms with Crippen LogP contribution in [0.1, 0.15) is 32.8 Å². The van der Waals surface area contributed by atoms with Crippen molar-refractivity contribution in [2.24, 2.45) is 0 Å². The van der Waals surface area contributed by atoms with Crippen molar-refractivity contribution in [1.82, 2.24) is 10.2 Å². The average Bonchev–Trinajstić information content (AvgIpc) is 2.92. The summed E-state index contributed by atoms with van der Waals surface area (Å²) < 4.78 is 47.4. The van der Waals surface area contributed by atoms with Gasteiger partial charge in [0.2, 0.25) is 11.8 Å². The van der Waals surface area contributed by atoms with Crippen LogP contribution in [0.3, 0.4) is 0 Å². The van der Waals surface area contributed by atoms with E-state index in [4.69, 9.17) is 16.3 Å². The fourth-order valence-electron chi connectivity index (χ4n) is 4.10. The normalized spacial score (nSPS) is 12.1. The van der Waals surface area contributed by atoms with Gasteiger partial charge in [-0.2, -0.15) is 0 Å². The van der Waals surface area contributed by atoms with Gasteiger partial charge >= 0.3 is 0 Å². The van der Waals surface area contributed by atoms with Gasteiger partial charge in [-0.05, 0) is 86.5 Å². The van der Waals surface area contributed by atoms with E-state index in [2.05, 4.69) is 5.32 Å². The molecule has 1 N–H and O–H groups in total. The molecule has 3 aromatic carbocycles. The molecule has 0 fully saturated rings. The molecule has 2 amide bonds. The van der Waals surface area contributed by atoms with Crippen molar-refractivity contribution in [2.45, 2.75) is 50.7 Å². The molecule has 0 saturated heterocycles. The third-order valence-corrected chi connectivity index (χ3v) is 8.16. The van der Waals surface area contributed by atoms with Crippen LogP contribution in [-0.4, -0.2) is 50.9 Å². The number of nitrogens with zero attached hydrogens (tertiary/aromatic N) is 2. The number of methoxy groups -OCH3 is 1. The summed E-state index contributed by atoms with van der Waals surface area (Å²) in [6.45, 7) is 4.82. The third-order valence-electron chi connectivity index (χ3n) is 6.12. The second-order valence-corrected chi connectivity index (χ2v) is 11.7. The standard InChI is InChI=1S/C29H33ClFN3O5S/c1-5-27(29(36)32-20(2)3)33(18-21-6-8-22(30)9-7-21)28(35)19-34(24-12-10-23(31)11-13-24)40(37,38)26-16-14-25(39-4)15-17-26/h6-17,20,27H,5,18-19H2,1-4H3,(H,32,36). The lowest BCUT2D eigenvalue weighted by Crippen LogP contribution is -2.53. The molecular weight excluding hydrogens is 557 g/mol. The van der Waals surface area contributed by atoms with E-state index < -0.39 is 34.3 Å². The number of benzene rings is 3. The number of hydrogen-bond donors (Lipinski definition) is 1. The molecule has 0 saturated carbocycles. The van der Waals surface area contributed by atoms with E-state index in [1.165, 1.54) is 48.4 Å². The number of sulfonamides is 1. The fraction of sp³-hybridized carbons (Fsp3) is 0.310. The minimum atomic E-state index is -4.28. The highest BCUT2D eigenvalue weighted by Crippen LogP contribution is 2.26. The van der Waals surface area contributed by atoms with Gasteiger partial charge in [-0.3, -0.25) is 13.9 Å². The second-order valence-electron chi connectivity index (χ2n) is 9.40. The molecule has 8 nitrogen and oxygen atoms in total. The van der Waals surface area contributed by atoms with Crippen molar-refractivity contribution in [3.63, 3.8) is 0 Å². The summed E-state index contributed by atoms with van der Waals surface area (Å²) in [6, 6.07) is 16.3. The zero-order valence-corrected chi connectivity index (χ0v) is 24.4. The smallest absolute Gasteiger partial charge is 0.264 e. The highest BCUT2D eigenvalue weighted by molar-refractivity contribution is 7.92. The molecule has 0 aliphatic carbocycles. The van der Waals surface area contributed by atoms with Crippen LogP contribution in [0.4, 0.5) is 10.1 Å². The topological polar surface area (TPSA) is 96.0 Å². The Morgan fingerprint density at radius 1 is 0.975 bits per heavy atom. The summed E-state index contributed by atoms with van der Waals surface area (Å²) in [5.41, 5.74) is 0.802. The molecule has 1 unspecified atom stereocenters. The Morgan fingerprint density at radius 2 is 1.57 bits per heavy atom. The molecule has 11 heteroatoms. The largest absolute Gasteiger partial charge is 0.497 e. The van der Waals surface area contributed by atoms with Gasteiger partial charge in [0, 0.05) is 17.6 Å². The SMILES string of the molecule is CCC(C(=O)NC(C)C)N(Cc1ccc(Cl)cc1)C(=O)CN(c1ccc(F)cc1)S(=O)(=O)c1ccc(OC)cc1. The van der Waals surface area contributed by atoms with Gasteiger partial charge in [-0.25, -0.2) is 12.8 Å². The zero-order valence-electron chi connectivity index (χ0n) is 22.8. The summed E-state index contributed by atoms with van der Waals surface area (Å²) in [4.78, 5) is 28.4. The Morgan fingerprint density at radius 3 is 2.10 bits per heavy atom. The number of ether oxygens (including phenoxy) is 1. The van der Waals surface area contributed by atoms with Crippen LogP contribution < -0.4 is 14.4 Å². The Kier molecular flexibility index (Phi) is 10.5. The Labute approximate surface area is 239 Å². The van der Waals surface area contributed by atoms with Crippen molar-refractivity contribution in [3.8, 4) is 5.75 Å². The molecule has 40 heavy (non-hydrogen) atoms. The number of anilines is 1. The van der Waals surface area contributed by atoms with Crippen molar-refractivity contribution in [2.75, 3.05) is 18.0 Å². The van der Waals surface area contributed by atoms with Crippen LogP contribution in [0.2, 0.25) is 5.02 Å². The fourth-order valence-corrected chi connectivity index (χ4v) is 5.64. The number of hydrogen-bond acceptors (Lipinski definition) is 5. The molecule has 3 aromatic rings. The Balaban J connectivity index is 2.05. The number of nitrogens with one attached hydrogen (secondary N) is 1. The molecule has 214 valence electrons. The van der Waals surface area contributed by atoms with Gasteiger partial charge in [0.25, 0.3) is 10.0 Å². The van der Waals surface area contributed by atoms with Crippen molar-refractivity contribution in [3.05, 3.63) is 89.2 Å². The quantitative estimate of drug-likeness (QED) is 0.320. The van der Waals surface area contributed by atoms with Gasteiger partial charge in [0.05, 0.1) is 17.7 Å². The third kappa shape index (κ3) is 7.73. The van der Waals surface area contributed by atoms with E-state index in [-0.39, 0.29) is 29.1 Å². The van der Waals surface area contributed by atoms with Crippen LogP contribution in [0, 0.1) is 5.82 Å². The molecule has 3 rings (SSSR count). The minimum Gasteiger partial charge on any atom is -0.497 e. The maximum atomic E-state index is 14.0. The summed E-state index contributed by atoms with van der Waals surface area (Å²) in [5, 5.41) is 3.36. The van der Waals surface area contributed by atoms with Crippen LogP contribution in [0.25, 0.3) is 0 Å². The number of rotatable bonds is 12. The van der Waals surface area contributed by atoms with Gasteiger partial charge in [-0.15, -0.1) is 0 Å². The van der Waals surface area contributed by atoms with E-state index in [1.54, 1.807) is 31.2 Å². The molecule has 0 heterocycles. The van der Waals surface area contributed by atoms with Gasteiger partial charge in [0.15, 0.2) is 0 Å². The number of carbonyl (C=O) groups is 2. The zero-order chi connectivity index (χ0) is 29.4. The number of amides is 2. The second kappa shape index (κ2) is 13.6. The number of carbonyl (C=O) groups excluding carboxylic acids is 2. The first-order valence-electron chi connectivity index (χ1n) is 12.7. The van der Waals surface area contributed by atoms with Crippen molar-refractivity contribution in [1.29, 1.82) is 0 Å². The molecular formula is C29H33ClFN3O5S. The van der Waals surface area contributed by atoms with Crippen LogP contribution in [-0.2, 0) is 26.2 Å². The first kappa shape index (κ1) is 30.9. The molecule has 0 spiro atoms. The van der Waals surface area contributed by atoms with E-state index in [1.807, 2.05) is 13.8 Å². The van der Waals surface area contributed by atoms with Gasteiger partial charge in [-0.1, -0.05) is 30.7 Å². The molecule has 0 radical (unpaired) electrons. The summed E-state index contributed by atoms with van der Waals surface area (Å²) in [5.74, 6) is -1.06. The molecule has 0 aromatic heterocycles. The van der Waals surface area contributed by atoms with Crippen LogP contribution >= 0.6 is 11.6 Å². The van der Waals surface area contributed by atoms with Crippen molar-refractivity contribution < 1.29 is 27.1 Å². The Hall–Kier alpha value is -3.63. The highest BCUT2D eigenvalue weighted by atomic mass is 35.5. The summed E-state index contributed by atoms with van der Waals surface area (Å²) in [7, 11) is -2.82. The van der Waals surface area contributed by atoms with E-state index in [9.17, 15) is 22.4 Å². The van der Waals surface area contributed by atoms with Gasteiger partial charge in [0.1, 0.15) is 24.2 Å². The first-order valence-corrected chi connectivity index (χ1v) is 14.5. The number of halogens is 2. The average molecular weight is 590 g/mol. The Bertz CT molecular complexity index is 1400. The monoisotopic (exact) mass is 589 g/mol. The predicted octanol–water partition coefficient (Wildman–Crippen LogP) is 5.02. The van der Waals surface area contributed by atoms with Crippen LogP contribution in [0.5, 0.6) is 5.75 Å².